The fourth-order valence-corrected chi connectivity index (χ4v) is 3.49. The lowest BCUT2D eigenvalue weighted by Gasteiger charge is -2.29. The first-order chi connectivity index (χ1) is 11.7. The number of hydrogen-bond acceptors (Lipinski definition) is 1. The molecular weight excluding hydrogens is 320 g/mol. The van der Waals surface area contributed by atoms with Crippen molar-refractivity contribution in [2.45, 2.75) is 20.0 Å². The molecule has 0 unspecified atom stereocenters. The minimum absolute atomic E-state index is 0.725. The summed E-state index contributed by atoms with van der Waals surface area (Å²) in [6.07, 6.45) is 0. The lowest BCUT2D eigenvalue weighted by molar-refractivity contribution is -1.02. The van der Waals surface area contributed by atoms with Crippen LogP contribution in [0.3, 0.4) is 0 Å². The summed E-state index contributed by atoms with van der Waals surface area (Å²) < 4.78 is 5.51. The highest BCUT2D eigenvalue weighted by atomic mass is 35.5. The van der Waals surface area contributed by atoms with Gasteiger partial charge in [0.1, 0.15) is 45.0 Å². The number of piperazine rings is 1. The van der Waals surface area contributed by atoms with Gasteiger partial charge in [0.2, 0.25) is 0 Å². The first kappa shape index (κ1) is 17.3. The van der Waals surface area contributed by atoms with Crippen LogP contribution in [0.2, 0.25) is 5.02 Å². The quantitative estimate of drug-likeness (QED) is 0.805. The molecular formula is C20H27ClN2O+2. The van der Waals surface area contributed by atoms with Crippen molar-refractivity contribution < 1.29 is 14.5 Å². The van der Waals surface area contributed by atoms with Crippen LogP contribution in [0.5, 0.6) is 5.75 Å². The third-order valence-electron chi connectivity index (χ3n) is 4.72. The van der Waals surface area contributed by atoms with E-state index < -0.39 is 0 Å². The Morgan fingerprint density at radius 2 is 1.25 bits per heavy atom. The summed E-state index contributed by atoms with van der Waals surface area (Å²) in [6, 6.07) is 16.8. The second-order valence-electron chi connectivity index (χ2n) is 6.56. The maximum atomic E-state index is 5.96. The molecule has 1 saturated heterocycles. The number of benzene rings is 2. The summed E-state index contributed by atoms with van der Waals surface area (Å²) in [6.45, 7) is 9.89. The van der Waals surface area contributed by atoms with Gasteiger partial charge < -0.3 is 14.5 Å². The van der Waals surface area contributed by atoms with Gasteiger partial charge >= 0.3 is 0 Å². The Kier molecular flexibility index (Phi) is 6.13. The maximum absolute atomic E-state index is 5.96. The zero-order valence-corrected chi connectivity index (χ0v) is 15.1. The summed E-state index contributed by atoms with van der Waals surface area (Å²) >= 11 is 5.96. The zero-order valence-electron chi connectivity index (χ0n) is 14.4. The Hall–Kier alpha value is -1.55. The van der Waals surface area contributed by atoms with E-state index in [4.69, 9.17) is 16.3 Å². The molecule has 0 aliphatic carbocycles. The number of halogens is 1. The minimum Gasteiger partial charge on any atom is -0.494 e. The molecule has 3 nitrogen and oxygen atoms in total. The first-order valence-electron chi connectivity index (χ1n) is 8.86. The molecule has 0 aromatic heterocycles. The van der Waals surface area contributed by atoms with Gasteiger partial charge in [0.25, 0.3) is 0 Å². The molecule has 2 N–H and O–H groups in total. The predicted octanol–water partition coefficient (Wildman–Crippen LogP) is 1.22. The smallest absolute Gasteiger partial charge is 0.127 e. The van der Waals surface area contributed by atoms with Gasteiger partial charge in [0, 0.05) is 16.1 Å². The van der Waals surface area contributed by atoms with E-state index in [-0.39, 0.29) is 0 Å². The summed E-state index contributed by atoms with van der Waals surface area (Å²) in [4.78, 5) is 3.35. The lowest BCUT2D eigenvalue weighted by atomic mass is 10.1. The van der Waals surface area contributed by atoms with Crippen molar-refractivity contribution in [1.82, 2.24) is 0 Å². The van der Waals surface area contributed by atoms with E-state index >= 15 is 0 Å². The molecule has 1 aliphatic heterocycles. The van der Waals surface area contributed by atoms with E-state index in [9.17, 15) is 0 Å². The van der Waals surface area contributed by atoms with Gasteiger partial charge in [-0.15, -0.1) is 0 Å². The second-order valence-corrected chi connectivity index (χ2v) is 6.99. The van der Waals surface area contributed by atoms with E-state index in [2.05, 4.69) is 36.4 Å². The van der Waals surface area contributed by atoms with Crippen molar-refractivity contribution in [3.05, 3.63) is 64.7 Å². The van der Waals surface area contributed by atoms with E-state index in [1.54, 1.807) is 9.80 Å². The number of rotatable bonds is 6. The van der Waals surface area contributed by atoms with Crippen molar-refractivity contribution in [2.75, 3.05) is 32.8 Å². The summed E-state index contributed by atoms with van der Waals surface area (Å²) in [5.74, 6) is 0.966. The van der Waals surface area contributed by atoms with E-state index in [0.717, 1.165) is 30.5 Å². The van der Waals surface area contributed by atoms with Crippen LogP contribution in [-0.4, -0.2) is 32.8 Å². The third-order valence-corrected chi connectivity index (χ3v) is 4.97. The van der Waals surface area contributed by atoms with Gasteiger partial charge in [0.15, 0.2) is 0 Å². The highest BCUT2D eigenvalue weighted by molar-refractivity contribution is 6.30. The fourth-order valence-electron chi connectivity index (χ4n) is 3.36. The van der Waals surface area contributed by atoms with Crippen molar-refractivity contribution in [3.8, 4) is 5.75 Å². The third kappa shape index (κ3) is 4.97. The monoisotopic (exact) mass is 346 g/mol. The van der Waals surface area contributed by atoms with Crippen molar-refractivity contribution >= 4 is 11.6 Å². The molecule has 0 saturated carbocycles. The number of hydrogen-bond donors (Lipinski definition) is 2. The Bertz CT molecular complexity index is 619. The van der Waals surface area contributed by atoms with Crippen LogP contribution in [0, 0.1) is 0 Å². The van der Waals surface area contributed by atoms with E-state index in [1.807, 2.05) is 19.1 Å². The van der Waals surface area contributed by atoms with Gasteiger partial charge in [-0.1, -0.05) is 23.7 Å². The molecule has 24 heavy (non-hydrogen) atoms. The topological polar surface area (TPSA) is 18.1 Å². The minimum atomic E-state index is 0.725. The van der Waals surface area contributed by atoms with Gasteiger partial charge in [0.05, 0.1) is 6.61 Å². The molecule has 1 fully saturated rings. The standard InChI is InChI=1S/C20H25ClN2O/c1-2-24-20-9-5-18(6-10-20)16-23-13-11-22(12-14-23)15-17-3-7-19(21)8-4-17/h3-10H,2,11-16H2,1H3/p+2. The molecule has 128 valence electrons. The highest BCUT2D eigenvalue weighted by Gasteiger charge is 2.23. The average Bonchev–Trinajstić information content (AvgIpc) is 2.61. The molecule has 3 rings (SSSR count). The molecule has 0 amide bonds. The lowest BCUT2D eigenvalue weighted by Crippen LogP contribution is -3.27. The van der Waals surface area contributed by atoms with Crippen LogP contribution in [0.4, 0.5) is 0 Å². The molecule has 0 radical (unpaired) electrons. The molecule has 4 heteroatoms. The zero-order chi connectivity index (χ0) is 16.8. The van der Waals surface area contributed by atoms with Gasteiger partial charge in [-0.2, -0.15) is 0 Å². The van der Waals surface area contributed by atoms with Crippen molar-refractivity contribution in [2.24, 2.45) is 0 Å². The Morgan fingerprint density at radius 3 is 1.71 bits per heavy atom. The normalized spacial score (nSPS) is 20.8. The number of quaternary nitrogens is 2. The molecule has 2 aromatic rings. The van der Waals surface area contributed by atoms with E-state index in [1.165, 1.54) is 37.3 Å². The number of nitrogens with one attached hydrogen (secondary N) is 2. The predicted molar refractivity (Wildman–Crippen MR) is 97.9 cm³/mol. The molecule has 0 spiro atoms. The Labute approximate surface area is 149 Å². The van der Waals surface area contributed by atoms with Gasteiger partial charge in [-0.05, 0) is 43.3 Å². The molecule has 0 atom stereocenters. The largest absolute Gasteiger partial charge is 0.494 e. The molecule has 2 aromatic carbocycles. The SMILES string of the molecule is CCOc1ccc(C[NH+]2CC[NH+](Cc3ccc(Cl)cc3)CC2)cc1. The fraction of sp³-hybridized carbons (Fsp3) is 0.400. The number of ether oxygens (including phenoxy) is 1. The first-order valence-corrected chi connectivity index (χ1v) is 9.24. The highest BCUT2D eigenvalue weighted by Crippen LogP contribution is 2.11. The average molecular weight is 347 g/mol. The Balaban J connectivity index is 1.45. The van der Waals surface area contributed by atoms with Crippen LogP contribution >= 0.6 is 11.6 Å². The maximum Gasteiger partial charge on any atom is 0.127 e. The van der Waals surface area contributed by atoms with Crippen molar-refractivity contribution in [3.63, 3.8) is 0 Å². The van der Waals surface area contributed by atoms with Crippen LogP contribution in [-0.2, 0) is 13.1 Å². The molecule has 0 bridgehead atoms. The van der Waals surface area contributed by atoms with Crippen molar-refractivity contribution in [1.29, 1.82) is 0 Å². The van der Waals surface area contributed by atoms with Crippen LogP contribution in [0.1, 0.15) is 18.1 Å². The molecule has 1 heterocycles. The van der Waals surface area contributed by atoms with Crippen LogP contribution in [0.15, 0.2) is 48.5 Å². The molecule has 1 aliphatic rings. The van der Waals surface area contributed by atoms with E-state index in [0.29, 0.717) is 0 Å². The summed E-state index contributed by atoms with van der Waals surface area (Å²) in [5.41, 5.74) is 2.78. The summed E-state index contributed by atoms with van der Waals surface area (Å²) in [7, 11) is 0. The summed E-state index contributed by atoms with van der Waals surface area (Å²) in [5, 5.41) is 0.818. The van der Waals surface area contributed by atoms with Crippen LogP contribution < -0.4 is 14.5 Å². The van der Waals surface area contributed by atoms with Gasteiger partial charge in [-0.3, -0.25) is 0 Å². The Morgan fingerprint density at radius 1 is 0.792 bits per heavy atom. The second kappa shape index (κ2) is 8.52. The van der Waals surface area contributed by atoms with Crippen LogP contribution in [0.25, 0.3) is 0 Å². The van der Waals surface area contributed by atoms with Gasteiger partial charge in [-0.25, -0.2) is 0 Å².